The Morgan fingerprint density at radius 1 is 1.17 bits per heavy atom. The smallest absolute Gasteiger partial charge is 0.217 e. The minimum atomic E-state index is -0.186. The lowest BCUT2D eigenvalue weighted by Gasteiger charge is -2.23. The first-order valence-electron chi connectivity index (χ1n) is 9.04. The van der Waals surface area contributed by atoms with E-state index >= 15 is 0 Å². The lowest BCUT2D eigenvalue weighted by molar-refractivity contribution is -0.119. The number of aromatic nitrogens is 4. The highest BCUT2D eigenvalue weighted by Crippen LogP contribution is 2.22. The molecule has 0 radical (unpaired) electrons. The van der Waals surface area contributed by atoms with E-state index in [9.17, 15) is 4.79 Å². The van der Waals surface area contributed by atoms with Crippen LogP contribution in [0.2, 0.25) is 0 Å². The van der Waals surface area contributed by atoms with Crippen molar-refractivity contribution in [3.8, 4) is 0 Å². The second-order valence-corrected chi connectivity index (χ2v) is 7.08. The SMILES string of the molecule is NC(=O)CC1CCCN(Cc2nnnn2CC2CCOCC2)CC1. The van der Waals surface area contributed by atoms with Crippen LogP contribution in [-0.2, 0) is 22.6 Å². The highest BCUT2D eigenvalue weighted by atomic mass is 16.5. The molecule has 1 amide bonds. The molecule has 8 nitrogen and oxygen atoms in total. The minimum Gasteiger partial charge on any atom is -0.381 e. The summed E-state index contributed by atoms with van der Waals surface area (Å²) in [7, 11) is 0. The molecule has 0 spiro atoms. The maximum absolute atomic E-state index is 11.1. The lowest BCUT2D eigenvalue weighted by atomic mass is 9.97. The summed E-state index contributed by atoms with van der Waals surface area (Å²) in [6.45, 7) is 5.34. The third-order valence-electron chi connectivity index (χ3n) is 5.17. The van der Waals surface area contributed by atoms with E-state index in [1.54, 1.807) is 0 Å². The molecule has 0 aliphatic carbocycles. The number of amides is 1. The molecule has 24 heavy (non-hydrogen) atoms. The third-order valence-corrected chi connectivity index (χ3v) is 5.17. The van der Waals surface area contributed by atoms with Crippen LogP contribution in [0.3, 0.4) is 0 Å². The Morgan fingerprint density at radius 2 is 2.00 bits per heavy atom. The summed E-state index contributed by atoms with van der Waals surface area (Å²) >= 11 is 0. The monoisotopic (exact) mass is 336 g/mol. The van der Waals surface area contributed by atoms with Crippen molar-refractivity contribution >= 4 is 5.91 Å². The number of rotatable bonds is 6. The molecular formula is C16H28N6O2. The van der Waals surface area contributed by atoms with Crippen LogP contribution >= 0.6 is 0 Å². The van der Waals surface area contributed by atoms with Gasteiger partial charge in [0.05, 0.1) is 6.54 Å². The number of hydrogen-bond donors (Lipinski definition) is 1. The number of likely N-dealkylation sites (tertiary alicyclic amines) is 1. The fraction of sp³-hybridized carbons (Fsp3) is 0.875. The van der Waals surface area contributed by atoms with Gasteiger partial charge in [-0.15, -0.1) is 5.10 Å². The van der Waals surface area contributed by atoms with Crippen molar-refractivity contribution in [1.82, 2.24) is 25.1 Å². The van der Waals surface area contributed by atoms with Crippen LogP contribution in [0.1, 0.15) is 44.3 Å². The van der Waals surface area contributed by atoms with E-state index in [1.165, 1.54) is 0 Å². The van der Waals surface area contributed by atoms with Crippen molar-refractivity contribution in [1.29, 1.82) is 0 Å². The van der Waals surface area contributed by atoms with Crippen molar-refractivity contribution in [2.45, 2.75) is 51.6 Å². The Morgan fingerprint density at radius 3 is 2.79 bits per heavy atom. The number of primary amides is 1. The summed E-state index contributed by atoms with van der Waals surface area (Å²) < 4.78 is 7.38. The van der Waals surface area contributed by atoms with Gasteiger partial charge >= 0.3 is 0 Å². The number of hydrogen-bond acceptors (Lipinski definition) is 6. The van der Waals surface area contributed by atoms with Gasteiger partial charge in [-0.1, -0.05) is 0 Å². The van der Waals surface area contributed by atoms with Gasteiger partial charge in [0, 0.05) is 26.2 Å². The zero-order valence-electron chi connectivity index (χ0n) is 14.3. The van der Waals surface area contributed by atoms with Crippen LogP contribution in [0.25, 0.3) is 0 Å². The summed E-state index contributed by atoms with van der Waals surface area (Å²) in [5.41, 5.74) is 5.34. The average molecular weight is 336 g/mol. The number of ether oxygens (including phenoxy) is 1. The first-order valence-corrected chi connectivity index (χ1v) is 9.04. The van der Waals surface area contributed by atoms with E-state index in [0.717, 1.165) is 77.3 Å². The maximum Gasteiger partial charge on any atom is 0.217 e. The van der Waals surface area contributed by atoms with E-state index in [0.29, 0.717) is 18.3 Å². The molecule has 0 aromatic carbocycles. The quantitative estimate of drug-likeness (QED) is 0.816. The molecule has 1 unspecified atom stereocenters. The number of nitrogens with two attached hydrogens (primary N) is 1. The molecule has 2 aliphatic rings. The zero-order valence-corrected chi connectivity index (χ0v) is 14.3. The number of carbonyl (C=O) groups excluding carboxylic acids is 1. The Balaban J connectivity index is 1.52. The van der Waals surface area contributed by atoms with Gasteiger partial charge in [0.1, 0.15) is 0 Å². The van der Waals surface area contributed by atoms with Crippen LogP contribution in [0.4, 0.5) is 0 Å². The third kappa shape index (κ3) is 4.98. The fourth-order valence-electron chi connectivity index (χ4n) is 3.72. The summed E-state index contributed by atoms with van der Waals surface area (Å²) in [6, 6.07) is 0. The first-order chi connectivity index (χ1) is 11.7. The van der Waals surface area contributed by atoms with Gasteiger partial charge < -0.3 is 10.5 Å². The molecule has 2 saturated heterocycles. The highest BCUT2D eigenvalue weighted by Gasteiger charge is 2.22. The summed E-state index contributed by atoms with van der Waals surface area (Å²) in [5, 5.41) is 12.3. The highest BCUT2D eigenvalue weighted by molar-refractivity contribution is 5.73. The van der Waals surface area contributed by atoms with E-state index in [-0.39, 0.29) is 5.91 Å². The molecule has 0 saturated carbocycles. The number of carbonyl (C=O) groups is 1. The van der Waals surface area contributed by atoms with Crippen LogP contribution in [0.15, 0.2) is 0 Å². The van der Waals surface area contributed by atoms with Crippen molar-refractivity contribution < 1.29 is 9.53 Å². The van der Waals surface area contributed by atoms with Gasteiger partial charge in [-0.05, 0) is 67.5 Å². The predicted molar refractivity (Wildman–Crippen MR) is 87.8 cm³/mol. The van der Waals surface area contributed by atoms with Crippen LogP contribution in [0.5, 0.6) is 0 Å². The summed E-state index contributed by atoms with van der Waals surface area (Å²) in [5.74, 6) is 1.78. The van der Waals surface area contributed by atoms with E-state index in [2.05, 4.69) is 20.4 Å². The molecule has 134 valence electrons. The molecule has 2 aliphatic heterocycles. The largest absolute Gasteiger partial charge is 0.381 e. The topological polar surface area (TPSA) is 99.2 Å². The molecular weight excluding hydrogens is 308 g/mol. The molecule has 3 rings (SSSR count). The van der Waals surface area contributed by atoms with E-state index in [4.69, 9.17) is 10.5 Å². The van der Waals surface area contributed by atoms with Crippen molar-refractivity contribution in [3.05, 3.63) is 5.82 Å². The average Bonchev–Trinajstić information content (AvgIpc) is 2.87. The molecule has 3 heterocycles. The van der Waals surface area contributed by atoms with Gasteiger partial charge in [-0.25, -0.2) is 4.68 Å². The zero-order chi connectivity index (χ0) is 16.8. The van der Waals surface area contributed by atoms with Crippen LogP contribution < -0.4 is 5.73 Å². The molecule has 0 bridgehead atoms. The molecule has 2 fully saturated rings. The van der Waals surface area contributed by atoms with Gasteiger partial charge in [-0.3, -0.25) is 9.69 Å². The molecule has 8 heteroatoms. The second kappa shape index (κ2) is 8.53. The van der Waals surface area contributed by atoms with E-state index < -0.39 is 0 Å². The molecule has 1 aromatic heterocycles. The normalized spacial score (nSPS) is 23.9. The van der Waals surface area contributed by atoms with E-state index in [1.807, 2.05) is 4.68 Å². The van der Waals surface area contributed by atoms with Crippen molar-refractivity contribution in [3.63, 3.8) is 0 Å². The van der Waals surface area contributed by atoms with Crippen LogP contribution in [0, 0.1) is 11.8 Å². The maximum atomic E-state index is 11.1. The van der Waals surface area contributed by atoms with Gasteiger partial charge in [0.25, 0.3) is 0 Å². The van der Waals surface area contributed by atoms with Gasteiger partial charge in [-0.2, -0.15) is 0 Å². The summed E-state index contributed by atoms with van der Waals surface area (Å²) in [6.07, 6.45) is 5.86. The van der Waals surface area contributed by atoms with Crippen molar-refractivity contribution in [2.24, 2.45) is 17.6 Å². The van der Waals surface area contributed by atoms with Crippen molar-refractivity contribution in [2.75, 3.05) is 26.3 Å². The Kier molecular flexibility index (Phi) is 6.14. The summed E-state index contributed by atoms with van der Waals surface area (Å²) in [4.78, 5) is 13.5. The Labute approximate surface area is 142 Å². The molecule has 1 atom stereocenters. The fourth-order valence-corrected chi connectivity index (χ4v) is 3.72. The molecule has 2 N–H and O–H groups in total. The van der Waals surface area contributed by atoms with Gasteiger partial charge in [0.15, 0.2) is 5.82 Å². The second-order valence-electron chi connectivity index (χ2n) is 7.08. The lowest BCUT2D eigenvalue weighted by Crippen LogP contribution is -2.28. The Hall–Kier alpha value is -1.54. The molecule has 1 aromatic rings. The van der Waals surface area contributed by atoms with Crippen LogP contribution in [-0.4, -0.2) is 57.3 Å². The number of tetrazole rings is 1. The standard InChI is InChI=1S/C16H28N6O2/c17-15(23)10-13-2-1-6-21(7-3-13)12-16-18-19-20-22(16)11-14-4-8-24-9-5-14/h13-14H,1-12H2,(H2,17,23). The van der Waals surface area contributed by atoms with Gasteiger partial charge in [0.2, 0.25) is 5.91 Å². The number of nitrogens with zero attached hydrogens (tertiary/aromatic N) is 5. The minimum absolute atomic E-state index is 0.186. The Bertz CT molecular complexity index is 528. The predicted octanol–water partition coefficient (Wildman–Crippen LogP) is 0.577. The first kappa shape index (κ1) is 17.3.